The maximum absolute atomic E-state index is 12.7. The van der Waals surface area contributed by atoms with Crippen molar-refractivity contribution in [3.8, 4) is 0 Å². The summed E-state index contributed by atoms with van der Waals surface area (Å²) in [4.78, 5) is 40.5. The molecule has 5 nitrogen and oxygen atoms in total. The summed E-state index contributed by atoms with van der Waals surface area (Å²) in [5.74, 6) is 0.456. The smallest absolute Gasteiger partial charge is 0.261 e. The molecule has 0 N–H and O–H groups in total. The predicted molar refractivity (Wildman–Crippen MR) is 106 cm³/mol. The number of nitrogens with zero attached hydrogens (tertiary/aromatic N) is 2. The van der Waals surface area contributed by atoms with Gasteiger partial charge in [0.15, 0.2) is 0 Å². The van der Waals surface area contributed by atoms with E-state index in [0.717, 1.165) is 12.1 Å². The topological polar surface area (TPSA) is 57.7 Å². The van der Waals surface area contributed by atoms with E-state index in [2.05, 4.69) is 13.0 Å². The lowest BCUT2D eigenvalue weighted by molar-refractivity contribution is -0.116. The summed E-state index contributed by atoms with van der Waals surface area (Å²) in [7, 11) is 0. The monoisotopic (exact) mass is 380 g/mol. The molecule has 138 valence electrons. The van der Waals surface area contributed by atoms with E-state index in [1.807, 2.05) is 23.1 Å². The van der Waals surface area contributed by atoms with Crippen molar-refractivity contribution in [3.63, 3.8) is 0 Å². The number of hydrogen-bond acceptors (Lipinski definition) is 4. The fraction of sp³-hybridized carbons (Fsp3) is 0.286. The van der Waals surface area contributed by atoms with Crippen LogP contribution in [0.15, 0.2) is 48.5 Å². The Morgan fingerprint density at radius 3 is 2.37 bits per heavy atom. The number of fused-ring (bicyclic) bond motifs is 2. The van der Waals surface area contributed by atoms with Gasteiger partial charge in [0.2, 0.25) is 5.91 Å². The van der Waals surface area contributed by atoms with Crippen LogP contribution < -0.4 is 4.90 Å². The minimum absolute atomic E-state index is 0.0693. The number of carbonyl (C=O) groups is 3. The zero-order chi connectivity index (χ0) is 19.0. The normalized spacial score (nSPS) is 18.0. The molecule has 2 aromatic carbocycles. The van der Waals surface area contributed by atoms with Crippen LogP contribution in [-0.4, -0.2) is 46.7 Å². The number of para-hydroxylation sites is 1. The Labute approximate surface area is 162 Å². The Morgan fingerprint density at radius 2 is 1.67 bits per heavy atom. The molecule has 0 saturated carbocycles. The molecule has 2 aromatic rings. The number of imide groups is 1. The summed E-state index contributed by atoms with van der Waals surface area (Å²) < 4.78 is 0. The highest BCUT2D eigenvalue weighted by Crippen LogP contribution is 2.32. The van der Waals surface area contributed by atoms with E-state index in [-0.39, 0.29) is 23.8 Å². The zero-order valence-electron chi connectivity index (χ0n) is 15.1. The molecule has 6 heteroatoms. The van der Waals surface area contributed by atoms with Gasteiger partial charge in [0.25, 0.3) is 11.8 Å². The largest absolute Gasteiger partial charge is 0.308 e. The summed E-state index contributed by atoms with van der Waals surface area (Å²) in [5.41, 5.74) is 3.13. The van der Waals surface area contributed by atoms with Gasteiger partial charge in [0, 0.05) is 24.0 Å². The van der Waals surface area contributed by atoms with Crippen molar-refractivity contribution in [1.82, 2.24) is 4.90 Å². The number of thioether (sulfide) groups is 1. The van der Waals surface area contributed by atoms with Gasteiger partial charge < -0.3 is 4.90 Å². The third-order valence-corrected chi connectivity index (χ3v) is 5.96. The van der Waals surface area contributed by atoms with Gasteiger partial charge in [0.05, 0.1) is 16.9 Å². The molecule has 0 aromatic heterocycles. The second kappa shape index (κ2) is 7.19. The van der Waals surface area contributed by atoms with Gasteiger partial charge in [-0.1, -0.05) is 30.3 Å². The standard InChI is InChI=1S/C21H20N2O3S/c1-14-12-15-6-2-5-9-18(15)23(14)19(24)13-27-11-10-22-20(25)16-7-3-4-8-17(16)21(22)26/h2-9,14H,10-13H2,1H3. The Bertz CT molecular complexity index is 892. The van der Waals surface area contributed by atoms with Gasteiger partial charge in [-0.15, -0.1) is 0 Å². The first kappa shape index (κ1) is 17.8. The van der Waals surface area contributed by atoms with Crippen LogP contribution in [0.2, 0.25) is 0 Å². The van der Waals surface area contributed by atoms with Crippen LogP contribution in [0.1, 0.15) is 33.2 Å². The maximum Gasteiger partial charge on any atom is 0.261 e. The summed E-state index contributed by atoms with van der Waals surface area (Å²) in [6.45, 7) is 2.37. The van der Waals surface area contributed by atoms with E-state index in [9.17, 15) is 14.4 Å². The highest BCUT2D eigenvalue weighted by molar-refractivity contribution is 7.99. The quantitative estimate of drug-likeness (QED) is 0.591. The summed E-state index contributed by atoms with van der Waals surface area (Å²) in [6.07, 6.45) is 0.877. The fourth-order valence-corrected chi connectivity index (χ4v) is 4.54. The molecule has 0 spiro atoms. The summed E-state index contributed by atoms with van der Waals surface area (Å²) >= 11 is 1.46. The average Bonchev–Trinajstić information content (AvgIpc) is 3.13. The first-order chi connectivity index (χ1) is 13.1. The minimum Gasteiger partial charge on any atom is -0.308 e. The van der Waals surface area contributed by atoms with E-state index in [4.69, 9.17) is 0 Å². The lowest BCUT2D eigenvalue weighted by Crippen LogP contribution is -2.37. The molecule has 0 fully saturated rings. The Balaban J connectivity index is 1.32. The molecule has 3 amide bonds. The zero-order valence-corrected chi connectivity index (χ0v) is 15.9. The maximum atomic E-state index is 12.7. The van der Waals surface area contributed by atoms with Crippen molar-refractivity contribution in [1.29, 1.82) is 0 Å². The van der Waals surface area contributed by atoms with E-state index < -0.39 is 0 Å². The van der Waals surface area contributed by atoms with Gasteiger partial charge in [-0.2, -0.15) is 11.8 Å². The SMILES string of the molecule is CC1Cc2ccccc2N1C(=O)CSCCN1C(=O)c2ccccc2C1=O. The van der Waals surface area contributed by atoms with Crippen molar-refractivity contribution in [2.24, 2.45) is 0 Å². The molecular formula is C21H20N2O3S. The molecule has 0 saturated heterocycles. The van der Waals surface area contributed by atoms with Crippen LogP contribution >= 0.6 is 11.8 Å². The first-order valence-corrected chi connectivity index (χ1v) is 10.2. The van der Waals surface area contributed by atoms with Crippen molar-refractivity contribution in [2.75, 3.05) is 23.0 Å². The molecule has 1 unspecified atom stereocenters. The molecule has 0 aliphatic carbocycles. The molecule has 1 atom stereocenters. The van der Waals surface area contributed by atoms with Crippen molar-refractivity contribution in [3.05, 3.63) is 65.2 Å². The number of anilines is 1. The third kappa shape index (κ3) is 3.14. The van der Waals surface area contributed by atoms with Crippen LogP contribution in [0.25, 0.3) is 0 Å². The molecule has 2 heterocycles. The van der Waals surface area contributed by atoms with Crippen molar-refractivity contribution >= 4 is 35.2 Å². The van der Waals surface area contributed by atoms with Crippen LogP contribution in [0.3, 0.4) is 0 Å². The fourth-order valence-electron chi connectivity index (χ4n) is 3.77. The summed E-state index contributed by atoms with van der Waals surface area (Å²) in [5, 5.41) is 0. The highest BCUT2D eigenvalue weighted by Gasteiger charge is 2.35. The molecule has 27 heavy (non-hydrogen) atoms. The Kier molecular flexibility index (Phi) is 4.74. The lowest BCUT2D eigenvalue weighted by Gasteiger charge is -2.22. The van der Waals surface area contributed by atoms with E-state index >= 15 is 0 Å². The predicted octanol–water partition coefficient (Wildman–Crippen LogP) is 2.99. The number of amides is 3. The van der Waals surface area contributed by atoms with E-state index in [0.29, 0.717) is 29.2 Å². The molecule has 4 rings (SSSR count). The van der Waals surface area contributed by atoms with Gasteiger partial charge in [0.1, 0.15) is 0 Å². The molecule has 2 aliphatic heterocycles. The van der Waals surface area contributed by atoms with Gasteiger partial charge in [-0.3, -0.25) is 19.3 Å². The minimum atomic E-state index is -0.246. The molecular weight excluding hydrogens is 360 g/mol. The van der Waals surface area contributed by atoms with Gasteiger partial charge >= 0.3 is 0 Å². The van der Waals surface area contributed by atoms with Crippen LogP contribution in [0.4, 0.5) is 5.69 Å². The lowest BCUT2D eigenvalue weighted by atomic mass is 10.1. The van der Waals surface area contributed by atoms with Gasteiger partial charge in [-0.05, 0) is 37.1 Å². The number of rotatable bonds is 5. The van der Waals surface area contributed by atoms with E-state index in [1.165, 1.54) is 22.2 Å². The summed E-state index contributed by atoms with van der Waals surface area (Å²) in [6, 6.07) is 15.0. The van der Waals surface area contributed by atoms with Crippen LogP contribution in [-0.2, 0) is 11.2 Å². The second-order valence-electron chi connectivity index (χ2n) is 6.81. The average molecular weight is 380 g/mol. The van der Waals surface area contributed by atoms with Crippen molar-refractivity contribution in [2.45, 2.75) is 19.4 Å². The Morgan fingerprint density at radius 1 is 1.04 bits per heavy atom. The number of hydrogen-bond donors (Lipinski definition) is 0. The van der Waals surface area contributed by atoms with Gasteiger partial charge in [-0.25, -0.2) is 0 Å². The highest BCUT2D eigenvalue weighted by atomic mass is 32.2. The van der Waals surface area contributed by atoms with E-state index in [1.54, 1.807) is 24.3 Å². The molecule has 2 aliphatic rings. The van der Waals surface area contributed by atoms with Crippen LogP contribution in [0, 0.1) is 0 Å². The van der Waals surface area contributed by atoms with Crippen LogP contribution in [0.5, 0.6) is 0 Å². The number of carbonyl (C=O) groups excluding carboxylic acids is 3. The second-order valence-corrected chi connectivity index (χ2v) is 7.91. The molecule has 0 radical (unpaired) electrons. The third-order valence-electron chi connectivity index (χ3n) is 5.04. The first-order valence-electron chi connectivity index (χ1n) is 9.01. The molecule has 0 bridgehead atoms. The number of benzene rings is 2. The van der Waals surface area contributed by atoms with Crippen molar-refractivity contribution < 1.29 is 14.4 Å². The Hall–Kier alpha value is -2.60.